The van der Waals surface area contributed by atoms with E-state index >= 15 is 0 Å². The van der Waals surface area contributed by atoms with Crippen LogP contribution in [0.4, 0.5) is 0 Å². The van der Waals surface area contributed by atoms with Gasteiger partial charge in [-0.15, -0.1) is 0 Å². The molecule has 0 amide bonds. The van der Waals surface area contributed by atoms with Crippen molar-refractivity contribution in [3.8, 4) is 0 Å². The Bertz CT molecular complexity index is 1880. The summed E-state index contributed by atoms with van der Waals surface area (Å²) in [6.07, 6.45) is 3.73. The van der Waals surface area contributed by atoms with Crippen LogP contribution in [-0.4, -0.2) is 19.9 Å². The Morgan fingerprint density at radius 3 is 1.07 bits per heavy atom. The van der Waals surface area contributed by atoms with Crippen LogP contribution < -0.4 is 0 Å². The van der Waals surface area contributed by atoms with Gasteiger partial charge in [0.15, 0.2) is 0 Å². The maximum atomic E-state index is 5.01. The van der Waals surface area contributed by atoms with Gasteiger partial charge in [0.25, 0.3) is 0 Å². The number of rotatable bonds is 6. The number of hydrogen-bond donors (Lipinski definition) is 0. The normalized spacial score (nSPS) is 11.7. The van der Waals surface area contributed by atoms with E-state index in [0.29, 0.717) is 0 Å². The van der Waals surface area contributed by atoms with Gasteiger partial charge in [0, 0.05) is 44.3 Å². The largest absolute Gasteiger partial charge is 0.251 e. The quantitative estimate of drug-likeness (QED) is 0.209. The standard InChI is InChI=1S/C36H30N4/c1-23-3-11-27-13-15-29-17-21-31(39-35(29)33(27)37-23)19-9-25-5-7-26(8-6-25)10-20-32-22-18-30-16-14-28-12-4-24(2)38-34(28)36(30)40-32/h3-8,11-18,21-22H,9-10,19-20H2,1-2H3. The van der Waals surface area contributed by atoms with Crippen molar-refractivity contribution in [1.29, 1.82) is 0 Å². The summed E-state index contributed by atoms with van der Waals surface area (Å²) in [5.41, 5.74) is 10.9. The molecule has 0 aliphatic heterocycles. The molecule has 4 aromatic heterocycles. The van der Waals surface area contributed by atoms with Crippen LogP contribution in [0.25, 0.3) is 43.6 Å². The fraction of sp³-hybridized carbons (Fsp3) is 0.167. The van der Waals surface area contributed by atoms with Gasteiger partial charge < -0.3 is 0 Å². The smallest absolute Gasteiger partial charge is 0.0967 e. The van der Waals surface area contributed by atoms with Crippen LogP contribution in [0.3, 0.4) is 0 Å². The number of benzene rings is 3. The topological polar surface area (TPSA) is 51.6 Å². The summed E-state index contributed by atoms with van der Waals surface area (Å²) < 4.78 is 0. The lowest BCUT2D eigenvalue weighted by molar-refractivity contribution is 0.907. The first kappa shape index (κ1) is 24.3. The van der Waals surface area contributed by atoms with E-state index in [4.69, 9.17) is 19.9 Å². The maximum absolute atomic E-state index is 5.01. The third-order valence-electron chi connectivity index (χ3n) is 7.80. The van der Waals surface area contributed by atoms with Gasteiger partial charge in [0.2, 0.25) is 0 Å². The first-order valence-electron chi connectivity index (χ1n) is 14.0. The fourth-order valence-electron chi connectivity index (χ4n) is 5.51. The molecule has 0 fully saturated rings. The molecule has 0 atom stereocenters. The molecular weight excluding hydrogens is 488 g/mol. The molecule has 0 saturated heterocycles. The Morgan fingerprint density at radius 2 is 0.675 bits per heavy atom. The lowest BCUT2D eigenvalue weighted by Crippen LogP contribution is -1.98. The van der Waals surface area contributed by atoms with Crippen LogP contribution in [0.1, 0.15) is 33.9 Å². The fourth-order valence-corrected chi connectivity index (χ4v) is 5.51. The second-order valence-corrected chi connectivity index (χ2v) is 10.7. The minimum atomic E-state index is 0.903. The second-order valence-electron chi connectivity index (χ2n) is 10.7. The van der Waals surface area contributed by atoms with E-state index in [-0.39, 0.29) is 0 Å². The molecule has 0 bridgehead atoms. The SMILES string of the molecule is Cc1ccc2ccc3ccc(CCc4ccc(CCc5ccc6ccc7ccc(C)nc7c6n5)cc4)nc3c2n1. The van der Waals surface area contributed by atoms with E-state index in [1.54, 1.807) is 0 Å². The molecule has 0 aliphatic carbocycles. The van der Waals surface area contributed by atoms with Gasteiger partial charge in [-0.1, -0.05) is 72.8 Å². The molecule has 0 unspecified atom stereocenters. The molecule has 0 spiro atoms. The summed E-state index contributed by atoms with van der Waals surface area (Å²) in [6.45, 7) is 4.06. The van der Waals surface area contributed by atoms with Crippen LogP contribution >= 0.6 is 0 Å². The van der Waals surface area contributed by atoms with Gasteiger partial charge in [-0.2, -0.15) is 0 Å². The molecule has 0 saturated carbocycles. The minimum Gasteiger partial charge on any atom is -0.251 e. The predicted molar refractivity (Wildman–Crippen MR) is 165 cm³/mol. The average Bonchev–Trinajstić information content (AvgIpc) is 2.99. The Hall–Kier alpha value is -4.70. The molecule has 40 heavy (non-hydrogen) atoms. The van der Waals surface area contributed by atoms with Gasteiger partial charge in [0.05, 0.1) is 22.1 Å². The molecule has 0 radical (unpaired) electrons. The van der Waals surface area contributed by atoms with Crippen LogP contribution in [0.15, 0.2) is 97.1 Å². The van der Waals surface area contributed by atoms with Crippen molar-refractivity contribution in [2.45, 2.75) is 39.5 Å². The van der Waals surface area contributed by atoms with Crippen molar-refractivity contribution in [2.24, 2.45) is 0 Å². The van der Waals surface area contributed by atoms with Crippen LogP contribution in [0.2, 0.25) is 0 Å². The van der Waals surface area contributed by atoms with E-state index in [1.165, 1.54) is 11.1 Å². The minimum absolute atomic E-state index is 0.903. The Balaban J connectivity index is 1.04. The zero-order chi connectivity index (χ0) is 27.1. The monoisotopic (exact) mass is 518 g/mol. The average molecular weight is 519 g/mol. The van der Waals surface area contributed by atoms with Crippen LogP contribution in [0.5, 0.6) is 0 Å². The third-order valence-corrected chi connectivity index (χ3v) is 7.80. The zero-order valence-corrected chi connectivity index (χ0v) is 22.9. The molecule has 0 aliphatic rings. The summed E-state index contributed by atoms with van der Waals surface area (Å²) in [5, 5.41) is 4.55. The second kappa shape index (κ2) is 10.1. The van der Waals surface area contributed by atoms with E-state index in [0.717, 1.165) is 92.1 Å². The molecule has 7 aromatic rings. The Labute approximate surface area is 233 Å². The highest BCUT2D eigenvalue weighted by Gasteiger charge is 2.08. The highest BCUT2D eigenvalue weighted by Crippen LogP contribution is 2.25. The lowest BCUT2D eigenvalue weighted by Gasteiger charge is -2.08. The Morgan fingerprint density at radius 1 is 0.350 bits per heavy atom. The summed E-state index contributed by atoms with van der Waals surface area (Å²) in [7, 11) is 0. The number of fused-ring (bicyclic) bond motifs is 6. The molecule has 7 rings (SSSR count). The molecule has 4 heterocycles. The number of aromatic nitrogens is 4. The molecule has 194 valence electrons. The first-order valence-corrected chi connectivity index (χ1v) is 14.0. The number of hydrogen-bond acceptors (Lipinski definition) is 4. The number of pyridine rings is 4. The van der Waals surface area contributed by atoms with Crippen molar-refractivity contribution in [1.82, 2.24) is 19.9 Å². The summed E-state index contributed by atoms with van der Waals surface area (Å²) >= 11 is 0. The van der Waals surface area contributed by atoms with Crippen LogP contribution in [0, 0.1) is 13.8 Å². The van der Waals surface area contributed by atoms with Crippen molar-refractivity contribution in [3.05, 3.63) is 131 Å². The Kier molecular flexibility index (Phi) is 6.16. The zero-order valence-electron chi connectivity index (χ0n) is 22.9. The predicted octanol–water partition coefficient (Wildman–Crippen LogP) is 8.07. The number of nitrogens with zero attached hydrogens (tertiary/aromatic N) is 4. The lowest BCUT2D eigenvalue weighted by atomic mass is 10.0. The van der Waals surface area contributed by atoms with Crippen molar-refractivity contribution < 1.29 is 0 Å². The van der Waals surface area contributed by atoms with Crippen molar-refractivity contribution in [2.75, 3.05) is 0 Å². The van der Waals surface area contributed by atoms with Crippen molar-refractivity contribution in [3.63, 3.8) is 0 Å². The van der Waals surface area contributed by atoms with E-state index in [2.05, 4.69) is 97.1 Å². The third kappa shape index (κ3) is 4.77. The van der Waals surface area contributed by atoms with Gasteiger partial charge in [-0.3, -0.25) is 19.9 Å². The highest BCUT2D eigenvalue weighted by atomic mass is 14.8. The van der Waals surface area contributed by atoms with Gasteiger partial charge >= 0.3 is 0 Å². The summed E-state index contributed by atoms with van der Waals surface area (Å²) in [5.74, 6) is 0. The van der Waals surface area contributed by atoms with Gasteiger partial charge in [0.1, 0.15) is 0 Å². The van der Waals surface area contributed by atoms with E-state index in [9.17, 15) is 0 Å². The van der Waals surface area contributed by atoms with E-state index < -0.39 is 0 Å². The molecule has 0 N–H and O–H groups in total. The molecule has 4 nitrogen and oxygen atoms in total. The number of aryl methyl sites for hydroxylation is 6. The maximum Gasteiger partial charge on any atom is 0.0967 e. The van der Waals surface area contributed by atoms with E-state index in [1.807, 2.05) is 13.8 Å². The molecule has 3 aromatic carbocycles. The first-order chi connectivity index (χ1) is 19.6. The molecule has 4 heteroatoms. The highest BCUT2D eigenvalue weighted by molar-refractivity contribution is 6.03. The van der Waals surface area contributed by atoms with Gasteiger partial charge in [-0.05, 0) is 74.9 Å². The van der Waals surface area contributed by atoms with Gasteiger partial charge in [-0.25, -0.2) is 0 Å². The van der Waals surface area contributed by atoms with Crippen molar-refractivity contribution >= 4 is 43.6 Å². The summed E-state index contributed by atoms with van der Waals surface area (Å²) in [6, 6.07) is 34.6. The van der Waals surface area contributed by atoms with Crippen LogP contribution in [-0.2, 0) is 25.7 Å². The molecular formula is C36H30N4. The summed E-state index contributed by atoms with van der Waals surface area (Å²) in [4.78, 5) is 19.6.